The fraction of sp³-hybridized carbons (Fsp3) is 0.690. The van der Waals surface area contributed by atoms with Crippen molar-refractivity contribution in [3.8, 4) is 11.8 Å². The summed E-state index contributed by atoms with van der Waals surface area (Å²) in [5.41, 5.74) is 0.690. The largest absolute Gasteiger partial charge is 0.378 e. The van der Waals surface area contributed by atoms with Gasteiger partial charge in [-0.2, -0.15) is 0 Å². The molecule has 4 saturated carbocycles. The van der Waals surface area contributed by atoms with Gasteiger partial charge in [0.15, 0.2) is 0 Å². The van der Waals surface area contributed by atoms with Gasteiger partial charge in [0.05, 0.1) is 0 Å². The first-order valence-electron chi connectivity index (χ1n) is 12.6. The van der Waals surface area contributed by atoms with E-state index in [4.69, 9.17) is 0 Å². The molecule has 1 aromatic carbocycles. The first-order chi connectivity index (χ1) is 14.8. The Hall–Kier alpha value is -1.59. The molecule has 166 valence electrons. The maximum atomic E-state index is 12.4. The summed E-state index contributed by atoms with van der Waals surface area (Å²) >= 11 is 0. The zero-order valence-corrected chi connectivity index (χ0v) is 19.5. The minimum atomic E-state index is -0.844. The average Bonchev–Trinajstić information content (AvgIpc) is 3.11. The maximum Gasteiger partial charge on any atom is 0.133 e. The quantitative estimate of drug-likeness (QED) is 0.567. The lowest BCUT2D eigenvalue weighted by molar-refractivity contribution is -0.144. The van der Waals surface area contributed by atoms with Crippen molar-refractivity contribution in [3.05, 3.63) is 35.9 Å². The van der Waals surface area contributed by atoms with E-state index in [0.717, 1.165) is 49.0 Å². The highest BCUT2D eigenvalue weighted by molar-refractivity contribution is 5.79. The number of carbonyl (C=O) groups is 1. The Labute approximate surface area is 188 Å². The lowest BCUT2D eigenvalue weighted by Crippen LogP contribution is -2.56. The second-order valence-electron chi connectivity index (χ2n) is 11.8. The summed E-state index contributed by atoms with van der Waals surface area (Å²) in [7, 11) is 0. The normalized spacial score (nSPS) is 46.1. The van der Waals surface area contributed by atoms with E-state index in [1.54, 1.807) is 0 Å². The molecule has 0 aromatic heterocycles. The Morgan fingerprint density at radius 2 is 1.68 bits per heavy atom. The molecule has 0 spiro atoms. The van der Waals surface area contributed by atoms with Crippen LogP contribution in [0.4, 0.5) is 0 Å². The van der Waals surface area contributed by atoms with Gasteiger partial charge in [0.25, 0.3) is 0 Å². The van der Waals surface area contributed by atoms with Gasteiger partial charge in [0.1, 0.15) is 11.4 Å². The molecule has 0 radical (unpaired) electrons. The lowest BCUT2D eigenvalue weighted by atomic mass is 9.44. The molecule has 3 unspecified atom stereocenters. The Balaban J connectivity index is 1.35. The monoisotopic (exact) mass is 418 g/mol. The van der Waals surface area contributed by atoms with Crippen LogP contribution in [-0.2, 0) is 4.79 Å². The Morgan fingerprint density at radius 1 is 0.935 bits per heavy atom. The summed E-state index contributed by atoms with van der Waals surface area (Å²) in [5, 5.41) is 11.4. The summed E-state index contributed by atoms with van der Waals surface area (Å²) < 4.78 is 0. The zero-order chi connectivity index (χ0) is 21.9. The van der Waals surface area contributed by atoms with Crippen molar-refractivity contribution in [2.45, 2.75) is 84.2 Å². The molecule has 4 aliphatic rings. The smallest absolute Gasteiger partial charge is 0.133 e. The van der Waals surface area contributed by atoms with Crippen molar-refractivity contribution < 1.29 is 9.90 Å². The Morgan fingerprint density at radius 3 is 2.42 bits per heavy atom. The van der Waals surface area contributed by atoms with Gasteiger partial charge < -0.3 is 5.11 Å². The minimum absolute atomic E-state index is 0.229. The summed E-state index contributed by atoms with van der Waals surface area (Å²) in [5.74, 6) is 10.0. The summed E-state index contributed by atoms with van der Waals surface area (Å²) in [6, 6.07) is 10.0. The molecule has 2 heteroatoms. The predicted octanol–water partition coefficient (Wildman–Crippen LogP) is 6.02. The SMILES string of the molecule is CC(=O)[C@H]1CCC2C3CC[C@@H]4C[C@@](O)(C#Cc5ccccc5)CC[C@]4(C)C3CC[C@@]21C. The van der Waals surface area contributed by atoms with Crippen molar-refractivity contribution in [3.63, 3.8) is 0 Å². The molecular weight excluding hydrogens is 380 g/mol. The zero-order valence-electron chi connectivity index (χ0n) is 19.5. The highest BCUT2D eigenvalue weighted by Gasteiger charge is 2.61. The first-order valence-corrected chi connectivity index (χ1v) is 12.6. The molecule has 0 saturated heterocycles. The number of carbonyl (C=O) groups excluding carboxylic acids is 1. The number of benzene rings is 1. The van der Waals surface area contributed by atoms with Crippen LogP contribution >= 0.6 is 0 Å². The van der Waals surface area contributed by atoms with Crippen molar-refractivity contribution in [1.82, 2.24) is 0 Å². The highest BCUT2D eigenvalue weighted by Crippen LogP contribution is 2.68. The van der Waals surface area contributed by atoms with Crippen LogP contribution < -0.4 is 0 Å². The van der Waals surface area contributed by atoms with E-state index in [9.17, 15) is 9.90 Å². The van der Waals surface area contributed by atoms with Crippen LogP contribution in [0.1, 0.15) is 84.1 Å². The third-order valence-corrected chi connectivity index (χ3v) is 10.4. The van der Waals surface area contributed by atoms with E-state index in [1.165, 1.54) is 32.1 Å². The second kappa shape index (κ2) is 7.48. The van der Waals surface area contributed by atoms with E-state index in [1.807, 2.05) is 37.3 Å². The molecule has 4 aliphatic carbocycles. The van der Waals surface area contributed by atoms with E-state index in [-0.39, 0.29) is 11.3 Å². The predicted molar refractivity (Wildman–Crippen MR) is 124 cm³/mol. The van der Waals surface area contributed by atoms with Crippen LogP contribution in [0.3, 0.4) is 0 Å². The number of rotatable bonds is 1. The van der Waals surface area contributed by atoms with Crippen LogP contribution in [0.2, 0.25) is 0 Å². The molecule has 0 heterocycles. The van der Waals surface area contributed by atoms with Gasteiger partial charge in [-0.25, -0.2) is 0 Å². The van der Waals surface area contributed by atoms with Gasteiger partial charge >= 0.3 is 0 Å². The molecule has 2 nitrogen and oxygen atoms in total. The van der Waals surface area contributed by atoms with Crippen LogP contribution in [0, 0.1) is 52.3 Å². The molecule has 5 rings (SSSR count). The second-order valence-corrected chi connectivity index (χ2v) is 11.8. The van der Waals surface area contributed by atoms with E-state index in [2.05, 4.69) is 25.7 Å². The number of hydrogen-bond donors (Lipinski definition) is 1. The van der Waals surface area contributed by atoms with E-state index < -0.39 is 5.60 Å². The molecule has 31 heavy (non-hydrogen) atoms. The molecule has 0 bridgehead atoms. The average molecular weight is 419 g/mol. The number of fused-ring (bicyclic) bond motifs is 5. The first kappa shape index (κ1) is 21.3. The van der Waals surface area contributed by atoms with Crippen molar-refractivity contribution >= 4 is 5.78 Å². The molecule has 1 N–H and O–H groups in total. The van der Waals surface area contributed by atoms with Gasteiger partial charge in [0, 0.05) is 11.5 Å². The van der Waals surface area contributed by atoms with Gasteiger partial charge in [-0.1, -0.05) is 43.9 Å². The van der Waals surface area contributed by atoms with Crippen LogP contribution in [-0.4, -0.2) is 16.5 Å². The number of Topliss-reactive ketones (excluding diaryl/α,β-unsaturated/α-hetero) is 1. The van der Waals surface area contributed by atoms with Crippen molar-refractivity contribution in [2.75, 3.05) is 0 Å². The van der Waals surface area contributed by atoms with Crippen LogP contribution in [0.15, 0.2) is 30.3 Å². The summed E-state index contributed by atoms with van der Waals surface area (Å²) in [6.07, 6.45) is 10.0. The lowest BCUT2D eigenvalue weighted by Gasteiger charge is -2.61. The molecule has 8 atom stereocenters. The molecule has 1 aromatic rings. The van der Waals surface area contributed by atoms with Crippen LogP contribution in [0.5, 0.6) is 0 Å². The summed E-state index contributed by atoms with van der Waals surface area (Å²) in [4.78, 5) is 12.4. The van der Waals surface area contributed by atoms with Crippen LogP contribution in [0.25, 0.3) is 0 Å². The molecule has 4 fully saturated rings. The van der Waals surface area contributed by atoms with Gasteiger partial charge in [0.2, 0.25) is 0 Å². The third-order valence-electron chi connectivity index (χ3n) is 10.4. The maximum absolute atomic E-state index is 12.4. The van der Waals surface area contributed by atoms with Gasteiger partial charge in [-0.15, -0.1) is 0 Å². The number of ketones is 1. The minimum Gasteiger partial charge on any atom is -0.378 e. The summed E-state index contributed by atoms with van der Waals surface area (Å²) in [6.45, 7) is 6.78. The number of aliphatic hydroxyl groups is 1. The fourth-order valence-electron chi connectivity index (χ4n) is 8.74. The Bertz CT molecular complexity index is 910. The van der Waals surface area contributed by atoms with Gasteiger partial charge in [-0.05, 0) is 111 Å². The fourth-order valence-corrected chi connectivity index (χ4v) is 8.74. The Kier molecular flexibility index (Phi) is 5.13. The van der Waals surface area contributed by atoms with Gasteiger partial charge in [-0.3, -0.25) is 4.79 Å². The van der Waals surface area contributed by atoms with Crippen molar-refractivity contribution in [2.24, 2.45) is 40.4 Å². The number of hydrogen-bond acceptors (Lipinski definition) is 2. The topological polar surface area (TPSA) is 37.3 Å². The molecular formula is C29H38O2. The third kappa shape index (κ3) is 3.39. The molecule has 0 amide bonds. The van der Waals surface area contributed by atoms with E-state index >= 15 is 0 Å². The van der Waals surface area contributed by atoms with Crippen molar-refractivity contribution in [1.29, 1.82) is 0 Å². The standard InChI is InChI=1S/C29H38O2/c1-20(30)24-11-12-25-23-10-9-22-19-29(31,16-13-21-7-5-4-6-8-21)18-17-27(22,2)26(23)14-15-28(24,25)3/h4-8,22-26,31H,9-12,14-15,17-19H2,1-3H3/t22-,23?,24-,25?,26?,27+,28-,29-/m1/s1. The highest BCUT2D eigenvalue weighted by atomic mass is 16.3. The molecule has 0 aliphatic heterocycles. The van der Waals surface area contributed by atoms with E-state index in [0.29, 0.717) is 17.1 Å².